The number of hydrogen-bond donors (Lipinski definition) is 0. The van der Waals surface area contributed by atoms with E-state index in [0.29, 0.717) is 0 Å². The highest BCUT2D eigenvalue weighted by atomic mass is 29.3. The summed E-state index contributed by atoms with van der Waals surface area (Å²) in [6.07, 6.45) is 3.84. The Morgan fingerprint density at radius 1 is 1.10 bits per heavy atom. The first-order valence-corrected chi connectivity index (χ1v) is 14.8. The first kappa shape index (κ1) is 15.8. The molecule has 0 radical (unpaired) electrons. The minimum atomic E-state index is -1.45. The van der Waals surface area contributed by atoms with E-state index >= 15 is 0 Å². The zero-order valence-corrected chi connectivity index (χ0v) is 16.0. The maximum atomic E-state index is 2.63. The number of allylic oxidation sites excluding steroid dienone is 2. The summed E-state index contributed by atoms with van der Waals surface area (Å²) >= 11 is 0. The quantitative estimate of drug-likeness (QED) is 0.536. The summed E-state index contributed by atoms with van der Waals surface area (Å²) < 4.78 is 0. The highest BCUT2D eigenvalue weighted by Crippen LogP contribution is 2.46. The molecule has 0 nitrogen and oxygen atoms in total. The molecule has 2 atom stereocenters. The van der Waals surface area contributed by atoms with Crippen LogP contribution in [0.3, 0.4) is 0 Å². The largest absolute Gasteiger partial charge is 0.0870 e. The van der Waals surface area contributed by atoms with Gasteiger partial charge in [0.15, 0.2) is 0 Å². The summed E-state index contributed by atoms with van der Waals surface area (Å²) in [6, 6.07) is 13.0. The van der Waals surface area contributed by atoms with Gasteiger partial charge in [-0.25, -0.2) is 0 Å². The number of benzene rings is 1. The van der Waals surface area contributed by atoms with Gasteiger partial charge in [-0.15, -0.1) is 0 Å². The average molecular weight is 303 g/mol. The van der Waals surface area contributed by atoms with Gasteiger partial charge < -0.3 is 0 Å². The Labute approximate surface area is 127 Å². The van der Waals surface area contributed by atoms with Gasteiger partial charge in [0, 0.05) is 7.59 Å². The molecule has 0 unspecified atom stereocenters. The summed E-state index contributed by atoms with van der Waals surface area (Å²) in [5.74, 6) is 0.804. The summed E-state index contributed by atoms with van der Waals surface area (Å²) in [4.78, 5) is 0. The van der Waals surface area contributed by atoms with Gasteiger partial charge in [-0.1, -0.05) is 80.7 Å². The molecule has 1 aliphatic rings. The standard InChI is InChI=1S/C18H30Si2/c1-15(2)18-13-12-16(3)14-20(18,19(4,5)6)17-10-8-7-9-11-17/h7-12,15,18H,13-14H2,1-6H3/t18-,20+/m1/s1. The molecule has 110 valence electrons. The van der Waals surface area contributed by atoms with Crippen LogP contribution in [0.1, 0.15) is 27.2 Å². The van der Waals surface area contributed by atoms with Crippen LogP contribution in [0.5, 0.6) is 0 Å². The van der Waals surface area contributed by atoms with Crippen LogP contribution in [0.25, 0.3) is 0 Å². The fraction of sp³-hybridized carbons (Fsp3) is 0.556. The Morgan fingerprint density at radius 3 is 2.20 bits per heavy atom. The molecule has 0 bridgehead atoms. The van der Waals surface area contributed by atoms with E-state index in [1.165, 1.54) is 12.5 Å². The van der Waals surface area contributed by atoms with E-state index < -0.39 is 15.2 Å². The SMILES string of the molecule is CC1=CC[C@H](C(C)C)[Si@](c2ccccc2)([Si](C)(C)C)C1. The Kier molecular flexibility index (Phi) is 4.45. The fourth-order valence-corrected chi connectivity index (χ4v) is 21.4. The molecule has 1 aromatic carbocycles. The predicted molar refractivity (Wildman–Crippen MR) is 96.9 cm³/mol. The van der Waals surface area contributed by atoms with E-state index in [1.54, 1.807) is 10.8 Å². The second-order valence-electron chi connectivity index (χ2n) is 7.90. The number of hydrogen-bond acceptors (Lipinski definition) is 0. The third-order valence-corrected chi connectivity index (χ3v) is 23.2. The van der Waals surface area contributed by atoms with Crippen molar-refractivity contribution in [2.75, 3.05) is 0 Å². The van der Waals surface area contributed by atoms with Crippen molar-refractivity contribution in [3.63, 3.8) is 0 Å². The second-order valence-corrected chi connectivity index (χ2v) is 23.2. The van der Waals surface area contributed by atoms with Crippen LogP contribution < -0.4 is 5.19 Å². The molecule has 0 fully saturated rings. The molecule has 0 spiro atoms. The maximum absolute atomic E-state index is 2.63. The summed E-state index contributed by atoms with van der Waals surface area (Å²) in [5, 5.41) is 1.73. The molecule has 0 saturated heterocycles. The molecule has 0 saturated carbocycles. The lowest BCUT2D eigenvalue weighted by atomic mass is 10.1. The van der Waals surface area contributed by atoms with Crippen molar-refractivity contribution in [3.05, 3.63) is 42.0 Å². The molecule has 2 heteroatoms. The lowest BCUT2D eigenvalue weighted by Gasteiger charge is -2.52. The third kappa shape index (κ3) is 2.60. The maximum Gasteiger partial charge on any atom is 0.0870 e. The molecule has 0 aliphatic carbocycles. The van der Waals surface area contributed by atoms with Crippen molar-refractivity contribution in [2.45, 2.75) is 58.4 Å². The molecule has 0 N–H and O–H groups in total. The Morgan fingerprint density at radius 2 is 1.70 bits per heavy atom. The smallest absolute Gasteiger partial charge is 0.0859 e. The van der Waals surface area contributed by atoms with Crippen molar-refractivity contribution in [2.24, 2.45) is 5.92 Å². The first-order valence-electron chi connectivity index (χ1n) is 8.00. The van der Waals surface area contributed by atoms with E-state index in [0.717, 1.165) is 11.5 Å². The summed E-state index contributed by atoms with van der Waals surface area (Å²) in [5.41, 5.74) is 2.57. The van der Waals surface area contributed by atoms with Crippen LogP contribution in [0.4, 0.5) is 0 Å². The van der Waals surface area contributed by atoms with Gasteiger partial charge in [-0.3, -0.25) is 0 Å². The average Bonchev–Trinajstić information content (AvgIpc) is 2.37. The molecule has 20 heavy (non-hydrogen) atoms. The number of rotatable bonds is 3. The van der Waals surface area contributed by atoms with Crippen LogP contribution >= 0.6 is 0 Å². The van der Waals surface area contributed by atoms with Gasteiger partial charge in [-0.05, 0) is 30.8 Å². The van der Waals surface area contributed by atoms with Crippen molar-refractivity contribution < 1.29 is 0 Å². The molecule has 1 aromatic rings. The van der Waals surface area contributed by atoms with E-state index in [9.17, 15) is 0 Å². The molecule has 0 aromatic heterocycles. The van der Waals surface area contributed by atoms with Gasteiger partial charge in [0.2, 0.25) is 0 Å². The molecule has 1 heterocycles. The predicted octanol–water partition coefficient (Wildman–Crippen LogP) is 5.14. The van der Waals surface area contributed by atoms with Crippen LogP contribution in [-0.2, 0) is 0 Å². The van der Waals surface area contributed by atoms with Crippen LogP contribution in [0, 0.1) is 5.92 Å². The Hall–Kier alpha value is -0.606. The molecule has 0 amide bonds. The minimum absolute atomic E-state index is 0.804. The summed E-state index contributed by atoms with van der Waals surface area (Å²) in [7, 11) is -2.66. The highest BCUT2D eigenvalue weighted by molar-refractivity contribution is 7.46. The monoisotopic (exact) mass is 302 g/mol. The van der Waals surface area contributed by atoms with Crippen molar-refractivity contribution in [1.29, 1.82) is 0 Å². The van der Waals surface area contributed by atoms with Gasteiger partial charge in [0.25, 0.3) is 0 Å². The normalized spacial score (nSPS) is 27.6. The van der Waals surface area contributed by atoms with Gasteiger partial charge in [0.05, 0.1) is 7.59 Å². The lowest BCUT2D eigenvalue weighted by Crippen LogP contribution is -2.69. The topological polar surface area (TPSA) is 0 Å². The van der Waals surface area contributed by atoms with Crippen LogP contribution in [0.15, 0.2) is 42.0 Å². The van der Waals surface area contributed by atoms with Crippen LogP contribution in [0.2, 0.25) is 31.2 Å². The Balaban J connectivity index is 2.65. The third-order valence-electron chi connectivity index (χ3n) is 5.34. The van der Waals surface area contributed by atoms with E-state index in [4.69, 9.17) is 0 Å². The van der Waals surface area contributed by atoms with Crippen molar-refractivity contribution in [1.82, 2.24) is 0 Å². The van der Waals surface area contributed by atoms with E-state index in [2.05, 4.69) is 76.8 Å². The molecule has 1 aliphatic heterocycles. The highest BCUT2D eigenvalue weighted by Gasteiger charge is 2.53. The molecule has 2 rings (SSSR count). The first-order chi connectivity index (χ1) is 9.29. The molecular formula is C18H30Si2. The zero-order valence-electron chi connectivity index (χ0n) is 14.0. The lowest BCUT2D eigenvalue weighted by molar-refractivity contribution is 0.572. The van der Waals surface area contributed by atoms with Gasteiger partial charge >= 0.3 is 0 Å². The fourth-order valence-electron chi connectivity index (χ4n) is 4.32. The van der Waals surface area contributed by atoms with Gasteiger partial charge in [0.1, 0.15) is 0 Å². The summed E-state index contributed by atoms with van der Waals surface area (Å²) in [6.45, 7) is 15.1. The van der Waals surface area contributed by atoms with E-state index in [-0.39, 0.29) is 0 Å². The van der Waals surface area contributed by atoms with Gasteiger partial charge in [-0.2, -0.15) is 0 Å². The zero-order chi connectivity index (χ0) is 15.0. The van der Waals surface area contributed by atoms with Crippen LogP contribution in [-0.4, -0.2) is 15.2 Å². The van der Waals surface area contributed by atoms with E-state index in [1.807, 2.05) is 0 Å². The van der Waals surface area contributed by atoms with Crippen molar-refractivity contribution in [3.8, 4) is 0 Å². The second kappa shape index (κ2) is 5.65. The minimum Gasteiger partial charge on any atom is -0.0859 e. The Bertz CT molecular complexity index is 482. The van der Waals surface area contributed by atoms with Crippen molar-refractivity contribution >= 4 is 20.4 Å². The molecular weight excluding hydrogens is 272 g/mol.